The number of nitrogens with zero attached hydrogens (tertiary/aromatic N) is 4. The van der Waals surface area contributed by atoms with E-state index in [1.807, 2.05) is 21.0 Å². The Bertz CT molecular complexity index is 616. The van der Waals surface area contributed by atoms with Gasteiger partial charge in [-0.2, -0.15) is 0 Å². The summed E-state index contributed by atoms with van der Waals surface area (Å²) in [7, 11) is 4.04. The molecule has 0 saturated carbocycles. The van der Waals surface area contributed by atoms with E-state index < -0.39 is 11.6 Å². The normalized spacial score (nSPS) is 11.3. The third-order valence-electron chi connectivity index (χ3n) is 3.37. The van der Waals surface area contributed by atoms with Crippen LogP contribution < -0.4 is 4.90 Å². The Morgan fingerprint density at radius 1 is 1.05 bits per heavy atom. The van der Waals surface area contributed by atoms with Gasteiger partial charge in [-0.15, -0.1) is 0 Å². The third-order valence-corrected chi connectivity index (χ3v) is 3.37. The highest BCUT2D eigenvalue weighted by molar-refractivity contribution is 5.89. The van der Waals surface area contributed by atoms with Crippen LogP contribution in [-0.4, -0.2) is 48.6 Å². The molecule has 0 fully saturated rings. The van der Waals surface area contributed by atoms with Gasteiger partial charge in [0.05, 0.1) is 5.52 Å². The summed E-state index contributed by atoms with van der Waals surface area (Å²) in [5.74, 6) is -1.11. The zero-order valence-electron chi connectivity index (χ0n) is 12.6. The summed E-state index contributed by atoms with van der Waals surface area (Å²) >= 11 is 0. The van der Waals surface area contributed by atoms with Gasteiger partial charge < -0.3 is 9.80 Å². The van der Waals surface area contributed by atoms with Gasteiger partial charge in [-0.25, -0.2) is 18.7 Å². The van der Waals surface area contributed by atoms with Crippen LogP contribution in [0.15, 0.2) is 18.5 Å². The molecule has 21 heavy (non-hydrogen) atoms. The molecule has 0 radical (unpaired) electrons. The first-order chi connectivity index (χ1) is 10.0. The maximum absolute atomic E-state index is 13.5. The maximum atomic E-state index is 13.5. The summed E-state index contributed by atoms with van der Waals surface area (Å²) in [6.45, 7) is 4.53. The second-order valence-electron chi connectivity index (χ2n) is 5.22. The summed E-state index contributed by atoms with van der Waals surface area (Å²) in [5.41, 5.74) is 0.421. The van der Waals surface area contributed by atoms with Gasteiger partial charge in [-0.1, -0.05) is 0 Å². The van der Waals surface area contributed by atoms with Crippen molar-refractivity contribution in [2.24, 2.45) is 0 Å². The van der Waals surface area contributed by atoms with Crippen molar-refractivity contribution >= 4 is 16.7 Å². The monoisotopic (exact) mass is 294 g/mol. The molecular weight excluding hydrogens is 274 g/mol. The van der Waals surface area contributed by atoms with Crippen LogP contribution >= 0.6 is 0 Å². The molecule has 0 aliphatic heterocycles. The van der Waals surface area contributed by atoms with E-state index in [4.69, 9.17) is 0 Å². The van der Waals surface area contributed by atoms with Crippen molar-refractivity contribution in [3.63, 3.8) is 0 Å². The van der Waals surface area contributed by atoms with Gasteiger partial charge in [-0.3, -0.25) is 0 Å². The topological polar surface area (TPSA) is 32.3 Å². The fourth-order valence-electron chi connectivity index (χ4n) is 2.28. The van der Waals surface area contributed by atoms with Gasteiger partial charge in [-0.05, 0) is 40.1 Å². The highest BCUT2D eigenvalue weighted by Gasteiger charge is 2.14. The Hall–Kier alpha value is -1.82. The molecule has 0 aliphatic carbocycles. The zero-order chi connectivity index (χ0) is 15.4. The Labute approximate surface area is 123 Å². The van der Waals surface area contributed by atoms with E-state index in [1.54, 1.807) is 0 Å². The highest BCUT2D eigenvalue weighted by atomic mass is 19.2. The van der Waals surface area contributed by atoms with Crippen molar-refractivity contribution in [2.45, 2.75) is 13.3 Å². The van der Waals surface area contributed by atoms with Gasteiger partial charge in [0.15, 0.2) is 11.6 Å². The van der Waals surface area contributed by atoms with Crippen LogP contribution in [0, 0.1) is 11.6 Å². The quantitative estimate of drug-likeness (QED) is 0.820. The standard InChI is InChI=1S/C15H20F2N4/c1-4-21(7-5-6-20(2)3)15-11-8-12(16)13(17)9-14(11)18-10-19-15/h8-10H,4-7H2,1-3H3. The predicted molar refractivity (Wildman–Crippen MR) is 80.5 cm³/mol. The molecule has 6 heteroatoms. The minimum Gasteiger partial charge on any atom is -0.356 e. The molecule has 4 nitrogen and oxygen atoms in total. The largest absolute Gasteiger partial charge is 0.356 e. The average molecular weight is 294 g/mol. The molecule has 0 N–H and O–H groups in total. The van der Waals surface area contributed by atoms with Gasteiger partial charge in [0.2, 0.25) is 0 Å². The summed E-state index contributed by atoms with van der Waals surface area (Å²) in [6, 6.07) is 2.29. The van der Waals surface area contributed by atoms with Crippen molar-refractivity contribution in [1.29, 1.82) is 0 Å². The lowest BCUT2D eigenvalue weighted by atomic mass is 10.2. The molecular formula is C15H20F2N4. The van der Waals surface area contributed by atoms with E-state index in [2.05, 4.69) is 19.8 Å². The summed E-state index contributed by atoms with van der Waals surface area (Å²) < 4.78 is 26.8. The lowest BCUT2D eigenvalue weighted by molar-refractivity contribution is 0.400. The molecule has 1 heterocycles. The number of fused-ring (bicyclic) bond motifs is 1. The van der Waals surface area contributed by atoms with Gasteiger partial charge >= 0.3 is 0 Å². The predicted octanol–water partition coefficient (Wildman–Crippen LogP) is 2.69. The number of benzene rings is 1. The van der Waals surface area contributed by atoms with Crippen LogP contribution in [0.2, 0.25) is 0 Å². The van der Waals surface area contributed by atoms with E-state index in [9.17, 15) is 8.78 Å². The van der Waals surface area contributed by atoms with Crippen molar-refractivity contribution in [3.05, 3.63) is 30.1 Å². The fraction of sp³-hybridized carbons (Fsp3) is 0.467. The molecule has 2 rings (SSSR count). The van der Waals surface area contributed by atoms with Gasteiger partial charge in [0, 0.05) is 24.5 Å². The minimum atomic E-state index is -0.886. The molecule has 0 unspecified atom stereocenters. The fourth-order valence-corrected chi connectivity index (χ4v) is 2.28. The van der Waals surface area contributed by atoms with Crippen molar-refractivity contribution in [2.75, 3.05) is 38.6 Å². The number of aromatic nitrogens is 2. The molecule has 2 aromatic rings. The molecule has 1 aromatic carbocycles. The Morgan fingerprint density at radius 2 is 1.76 bits per heavy atom. The SMILES string of the molecule is CCN(CCCN(C)C)c1ncnc2cc(F)c(F)cc12. The summed E-state index contributed by atoms with van der Waals surface area (Å²) in [4.78, 5) is 12.4. The number of hydrogen-bond acceptors (Lipinski definition) is 4. The summed E-state index contributed by atoms with van der Waals surface area (Å²) in [6.07, 6.45) is 2.36. The first-order valence-corrected chi connectivity index (χ1v) is 7.02. The molecule has 0 amide bonds. The summed E-state index contributed by atoms with van der Waals surface area (Å²) in [5, 5.41) is 0.545. The van der Waals surface area contributed by atoms with Crippen molar-refractivity contribution in [1.82, 2.24) is 14.9 Å². The van der Waals surface area contributed by atoms with Gasteiger partial charge in [0.1, 0.15) is 12.1 Å². The molecule has 0 atom stereocenters. The Morgan fingerprint density at radius 3 is 2.43 bits per heavy atom. The minimum absolute atomic E-state index is 0.421. The van der Waals surface area contributed by atoms with Crippen molar-refractivity contribution in [3.8, 4) is 0 Å². The van der Waals surface area contributed by atoms with Gasteiger partial charge in [0.25, 0.3) is 0 Å². The maximum Gasteiger partial charge on any atom is 0.161 e. The lowest BCUT2D eigenvalue weighted by Crippen LogP contribution is -2.28. The molecule has 0 bridgehead atoms. The molecule has 0 saturated heterocycles. The first-order valence-electron chi connectivity index (χ1n) is 7.02. The van der Waals surface area contributed by atoms with Crippen LogP contribution in [-0.2, 0) is 0 Å². The smallest absolute Gasteiger partial charge is 0.161 e. The van der Waals surface area contributed by atoms with E-state index in [0.717, 1.165) is 32.1 Å². The van der Waals surface area contributed by atoms with Crippen LogP contribution in [0.1, 0.15) is 13.3 Å². The Balaban J connectivity index is 2.32. The molecule has 114 valence electrons. The van der Waals surface area contributed by atoms with E-state index in [1.165, 1.54) is 12.4 Å². The zero-order valence-corrected chi connectivity index (χ0v) is 12.6. The third kappa shape index (κ3) is 3.64. The molecule has 1 aromatic heterocycles. The second-order valence-corrected chi connectivity index (χ2v) is 5.22. The van der Waals surface area contributed by atoms with Crippen LogP contribution in [0.4, 0.5) is 14.6 Å². The highest BCUT2D eigenvalue weighted by Crippen LogP contribution is 2.25. The van der Waals surface area contributed by atoms with E-state index in [0.29, 0.717) is 16.7 Å². The number of rotatable bonds is 6. The number of anilines is 1. The van der Waals surface area contributed by atoms with E-state index >= 15 is 0 Å². The lowest BCUT2D eigenvalue weighted by Gasteiger charge is -2.24. The van der Waals surface area contributed by atoms with Crippen molar-refractivity contribution < 1.29 is 8.78 Å². The molecule has 0 spiro atoms. The Kier molecular flexibility index (Phi) is 5.01. The van der Waals surface area contributed by atoms with Crippen LogP contribution in [0.3, 0.4) is 0 Å². The average Bonchev–Trinajstić information content (AvgIpc) is 2.44. The second kappa shape index (κ2) is 6.76. The number of halogens is 2. The number of hydrogen-bond donors (Lipinski definition) is 0. The van der Waals surface area contributed by atoms with Crippen LogP contribution in [0.25, 0.3) is 10.9 Å². The molecule has 0 aliphatic rings. The first kappa shape index (κ1) is 15.6. The van der Waals surface area contributed by atoms with Crippen LogP contribution in [0.5, 0.6) is 0 Å². The van der Waals surface area contributed by atoms with E-state index in [-0.39, 0.29) is 0 Å².